The molecule has 52 valence electrons. The largest absolute Gasteiger partial charge is 0.447 e. The minimum absolute atomic E-state index is 0.0121. The van der Waals surface area contributed by atoms with Gasteiger partial charge >= 0.3 is 6.09 Å². The van der Waals surface area contributed by atoms with E-state index in [0.717, 1.165) is 13.1 Å². The summed E-state index contributed by atoms with van der Waals surface area (Å²) in [7, 11) is 0. The van der Waals surface area contributed by atoms with Crippen molar-refractivity contribution in [3.05, 3.63) is 0 Å². The maximum atomic E-state index is 10.7. The summed E-state index contributed by atoms with van der Waals surface area (Å²) >= 11 is 0. The van der Waals surface area contributed by atoms with E-state index in [0.29, 0.717) is 0 Å². The molecule has 0 aromatic heterocycles. The fraction of sp³-hybridized carbons (Fsp3) is 0.833. The van der Waals surface area contributed by atoms with Gasteiger partial charge in [0.25, 0.3) is 0 Å². The summed E-state index contributed by atoms with van der Waals surface area (Å²) in [4.78, 5) is 12.4. The highest BCUT2D eigenvalue weighted by atomic mass is 16.6. The van der Waals surface area contributed by atoms with E-state index >= 15 is 0 Å². The fourth-order valence-corrected chi connectivity index (χ4v) is 0.509. The highest BCUT2D eigenvalue weighted by Gasteiger charge is 2.25. The maximum Gasteiger partial charge on any atom is 0.410 e. The lowest BCUT2D eigenvalue weighted by molar-refractivity contribution is 0.102. The van der Waals surface area contributed by atoms with Gasteiger partial charge in [0.2, 0.25) is 0 Å². The van der Waals surface area contributed by atoms with Crippen LogP contribution in [0.4, 0.5) is 4.79 Å². The lowest BCUT2D eigenvalue weighted by atomic mass is 10.5. The van der Waals surface area contributed by atoms with Crippen LogP contribution in [0.3, 0.4) is 0 Å². The average Bonchev–Trinajstić information content (AvgIpc) is 2.40. The van der Waals surface area contributed by atoms with Crippen molar-refractivity contribution in [2.45, 2.75) is 20.0 Å². The van der Waals surface area contributed by atoms with Crippen molar-refractivity contribution in [1.82, 2.24) is 4.90 Å². The van der Waals surface area contributed by atoms with Gasteiger partial charge in [-0.25, -0.2) is 4.79 Å². The first-order valence-electron chi connectivity index (χ1n) is 3.15. The molecule has 1 heterocycles. The molecular weight excluding hydrogens is 118 g/mol. The Morgan fingerprint density at radius 2 is 2.11 bits per heavy atom. The zero-order valence-electron chi connectivity index (χ0n) is 5.76. The summed E-state index contributed by atoms with van der Waals surface area (Å²) in [5, 5.41) is 0. The van der Waals surface area contributed by atoms with Crippen molar-refractivity contribution < 1.29 is 9.53 Å². The van der Waals surface area contributed by atoms with Crippen LogP contribution in [0, 0.1) is 0 Å². The topological polar surface area (TPSA) is 29.3 Å². The molecule has 3 nitrogen and oxygen atoms in total. The molecule has 1 fully saturated rings. The lowest BCUT2D eigenvalue weighted by Gasteiger charge is -2.06. The van der Waals surface area contributed by atoms with Gasteiger partial charge < -0.3 is 9.64 Å². The van der Waals surface area contributed by atoms with E-state index in [1.807, 2.05) is 13.8 Å². The molecule has 0 radical (unpaired) electrons. The minimum atomic E-state index is -0.176. The number of hydrogen-bond acceptors (Lipinski definition) is 2. The minimum Gasteiger partial charge on any atom is -0.447 e. The van der Waals surface area contributed by atoms with Gasteiger partial charge in [0.1, 0.15) is 0 Å². The molecule has 1 rings (SSSR count). The first-order chi connectivity index (χ1) is 4.20. The van der Waals surface area contributed by atoms with Crippen LogP contribution in [0.2, 0.25) is 0 Å². The van der Waals surface area contributed by atoms with Gasteiger partial charge in [-0.2, -0.15) is 0 Å². The molecule has 1 amide bonds. The van der Waals surface area contributed by atoms with Crippen LogP contribution in [-0.4, -0.2) is 30.2 Å². The Morgan fingerprint density at radius 3 is 2.44 bits per heavy atom. The standard InChI is InChI=1S/C6H11NO2/c1-5(2)9-6(8)7-3-4-7/h5H,3-4H2,1-2H3. The normalized spacial score (nSPS) is 16.1. The Labute approximate surface area is 54.6 Å². The van der Waals surface area contributed by atoms with Crippen molar-refractivity contribution in [2.24, 2.45) is 0 Å². The predicted molar refractivity (Wildman–Crippen MR) is 33.2 cm³/mol. The van der Waals surface area contributed by atoms with Gasteiger partial charge in [-0.1, -0.05) is 0 Å². The van der Waals surface area contributed by atoms with Crippen LogP contribution in [0.1, 0.15) is 13.8 Å². The summed E-state index contributed by atoms with van der Waals surface area (Å²) in [5.41, 5.74) is 0. The molecule has 0 aromatic rings. The van der Waals surface area contributed by atoms with Crippen molar-refractivity contribution in [3.63, 3.8) is 0 Å². The van der Waals surface area contributed by atoms with Crippen LogP contribution >= 0.6 is 0 Å². The summed E-state index contributed by atoms with van der Waals surface area (Å²) in [6.07, 6.45) is -0.164. The molecule has 1 aliphatic rings. The molecule has 0 aliphatic carbocycles. The second kappa shape index (κ2) is 2.25. The third-order valence-electron chi connectivity index (χ3n) is 1.04. The van der Waals surface area contributed by atoms with Gasteiger partial charge in [0.15, 0.2) is 0 Å². The lowest BCUT2D eigenvalue weighted by Crippen LogP contribution is -2.16. The van der Waals surface area contributed by atoms with Crippen LogP contribution in [-0.2, 0) is 4.74 Å². The molecule has 3 heteroatoms. The van der Waals surface area contributed by atoms with E-state index in [4.69, 9.17) is 4.74 Å². The zero-order valence-corrected chi connectivity index (χ0v) is 5.76. The number of rotatable bonds is 1. The Hall–Kier alpha value is -0.730. The molecular formula is C6H11NO2. The third-order valence-corrected chi connectivity index (χ3v) is 1.04. The summed E-state index contributed by atoms with van der Waals surface area (Å²) in [6.45, 7) is 5.43. The zero-order chi connectivity index (χ0) is 6.85. The molecule has 0 aromatic carbocycles. The molecule has 0 spiro atoms. The number of carbonyl (C=O) groups is 1. The van der Waals surface area contributed by atoms with Crippen LogP contribution < -0.4 is 0 Å². The monoisotopic (exact) mass is 129 g/mol. The first kappa shape index (κ1) is 6.39. The van der Waals surface area contributed by atoms with Crippen LogP contribution in [0.15, 0.2) is 0 Å². The SMILES string of the molecule is CC(C)OC(=O)N1CC1. The van der Waals surface area contributed by atoms with E-state index < -0.39 is 0 Å². The quantitative estimate of drug-likeness (QED) is 0.491. The second-order valence-corrected chi connectivity index (χ2v) is 2.42. The Morgan fingerprint density at radius 1 is 1.56 bits per heavy atom. The van der Waals surface area contributed by atoms with Gasteiger partial charge in [-0.15, -0.1) is 0 Å². The molecule has 0 unspecified atom stereocenters. The van der Waals surface area contributed by atoms with Gasteiger partial charge in [0.05, 0.1) is 6.10 Å². The van der Waals surface area contributed by atoms with E-state index in [9.17, 15) is 4.79 Å². The van der Waals surface area contributed by atoms with Crippen LogP contribution in [0.5, 0.6) is 0 Å². The summed E-state index contributed by atoms with van der Waals surface area (Å²) in [5.74, 6) is 0. The van der Waals surface area contributed by atoms with Crippen LogP contribution in [0.25, 0.3) is 0 Å². The van der Waals surface area contributed by atoms with Crippen molar-refractivity contribution in [3.8, 4) is 0 Å². The Balaban J connectivity index is 2.18. The second-order valence-electron chi connectivity index (χ2n) is 2.42. The maximum absolute atomic E-state index is 10.7. The summed E-state index contributed by atoms with van der Waals surface area (Å²) in [6, 6.07) is 0. The molecule has 0 bridgehead atoms. The number of nitrogens with zero attached hydrogens (tertiary/aromatic N) is 1. The number of carbonyl (C=O) groups excluding carboxylic acids is 1. The van der Waals surface area contributed by atoms with E-state index in [1.54, 1.807) is 4.90 Å². The van der Waals surface area contributed by atoms with Crippen molar-refractivity contribution >= 4 is 6.09 Å². The predicted octanol–water partition coefficient (Wildman–Crippen LogP) is 0.847. The number of amides is 1. The Kier molecular flexibility index (Phi) is 1.60. The highest BCUT2D eigenvalue weighted by molar-refractivity contribution is 5.70. The number of ether oxygens (including phenoxy) is 1. The van der Waals surface area contributed by atoms with Gasteiger partial charge in [0, 0.05) is 13.1 Å². The summed E-state index contributed by atoms with van der Waals surface area (Å²) < 4.78 is 4.86. The van der Waals surface area contributed by atoms with E-state index in [-0.39, 0.29) is 12.2 Å². The number of hydrogen-bond donors (Lipinski definition) is 0. The molecule has 9 heavy (non-hydrogen) atoms. The van der Waals surface area contributed by atoms with Crippen molar-refractivity contribution in [2.75, 3.05) is 13.1 Å². The first-order valence-corrected chi connectivity index (χ1v) is 3.15. The van der Waals surface area contributed by atoms with Gasteiger partial charge in [-0.3, -0.25) is 0 Å². The Bertz CT molecular complexity index is 118. The third kappa shape index (κ3) is 1.91. The highest BCUT2D eigenvalue weighted by Crippen LogP contribution is 2.06. The fourth-order valence-electron chi connectivity index (χ4n) is 0.509. The van der Waals surface area contributed by atoms with Crippen molar-refractivity contribution in [1.29, 1.82) is 0 Å². The smallest absolute Gasteiger partial charge is 0.410 e. The molecule has 0 atom stereocenters. The molecule has 0 N–H and O–H groups in total. The van der Waals surface area contributed by atoms with E-state index in [2.05, 4.69) is 0 Å². The van der Waals surface area contributed by atoms with E-state index in [1.165, 1.54) is 0 Å². The molecule has 1 aliphatic heterocycles. The molecule has 1 saturated heterocycles. The van der Waals surface area contributed by atoms with Gasteiger partial charge in [-0.05, 0) is 13.8 Å². The average molecular weight is 129 g/mol. The molecule has 0 saturated carbocycles.